The summed E-state index contributed by atoms with van der Waals surface area (Å²) in [6.07, 6.45) is 8.20. The molecule has 10 nitrogen and oxygen atoms in total. The van der Waals surface area contributed by atoms with E-state index in [1.54, 1.807) is 28.3 Å². The Balaban J connectivity index is 1.79. The highest BCUT2D eigenvalue weighted by molar-refractivity contribution is 5.92. The molecule has 0 aromatic carbocycles. The molecule has 1 saturated carbocycles. The summed E-state index contributed by atoms with van der Waals surface area (Å²) in [6.45, 7) is 4.40. The van der Waals surface area contributed by atoms with E-state index in [9.17, 15) is 19.2 Å². The first-order valence-corrected chi connectivity index (χ1v) is 12.4. The van der Waals surface area contributed by atoms with Crippen LogP contribution in [0.2, 0.25) is 0 Å². The fourth-order valence-electron chi connectivity index (χ4n) is 4.74. The predicted octanol–water partition coefficient (Wildman–Crippen LogP) is 1.49. The molecule has 1 aliphatic heterocycles. The van der Waals surface area contributed by atoms with Gasteiger partial charge < -0.3 is 25.2 Å². The number of amides is 4. The van der Waals surface area contributed by atoms with Crippen molar-refractivity contribution in [3.05, 3.63) is 30.1 Å². The third kappa shape index (κ3) is 7.16. The molecule has 0 radical (unpaired) electrons. The summed E-state index contributed by atoms with van der Waals surface area (Å²) in [5.74, 6) is -1.22. The lowest BCUT2D eigenvalue weighted by atomic mass is 9.87. The summed E-state index contributed by atoms with van der Waals surface area (Å²) in [5, 5.41) is 5.63. The number of nitrogens with zero attached hydrogens (tertiary/aromatic N) is 3. The van der Waals surface area contributed by atoms with Crippen LogP contribution in [-0.4, -0.2) is 83.5 Å². The van der Waals surface area contributed by atoms with Crippen molar-refractivity contribution in [3.8, 4) is 0 Å². The number of esters is 1. The van der Waals surface area contributed by atoms with E-state index in [1.807, 2.05) is 19.9 Å². The van der Waals surface area contributed by atoms with E-state index < -0.39 is 24.0 Å². The van der Waals surface area contributed by atoms with Crippen LogP contribution in [0, 0.1) is 5.92 Å². The Hall–Kier alpha value is -3.17. The van der Waals surface area contributed by atoms with Gasteiger partial charge in [0.2, 0.25) is 11.8 Å². The second-order valence-corrected chi connectivity index (χ2v) is 9.58. The van der Waals surface area contributed by atoms with Crippen LogP contribution >= 0.6 is 0 Å². The van der Waals surface area contributed by atoms with Crippen LogP contribution in [0.1, 0.15) is 51.5 Å². The average Bonchev–Trinajstić information content (AvgIpc) is 2.87. The third-order valence-electron chi connectivity index (χ3n) is 6.58. The van der Waals surface area contributed by atoms with Crippen molar-refractivity contribution >= 4 is 23.8 Å². The first kappa shape index (κ1) is 26.4. The molecule has 0 bridgehead atoms. The molecule has 2 N–H and O–H groups in total. The van der Waals surface area contributed by atoms with E-state index in [4.69, 9.17) is 4.74 Å². The fraction of sp³-hybridized carbons (Fsp3) is 0.640. The van der Waals surface area contributed by atoms with Gasteiger partial charge in [0.15, 0.2) is 0 Å². The molecule has 3 rings (SSSR count). The second kappa shape index (κ2) is 12.5. The first-order chi connectivity index (χ1) is 16.8. The molecule has 4 amide bonds. The molecule has 1 saturated heterocycles. The lowest BCUT2D eigenvalue weighted by molar-refractivity contribution is -0.150. The monoisotopic (exact) mass is 487 g/mol. The SMILES string of the molecule is COC(=O)C(Cc1cccnc1)NC(=O)C1CN(C(=O)NC(C)C)CCN1C(=O)C1CCCCC1. The van der Waals surface area contributed by atoms with Crippen LogP contribution < -0.4 is 10.6 Å². The number of piperazine rings is 1. The zero-order valence-corrected chi connectivity index (χ0v) is 20.9. The summed E-state index contributed by atoms with van der Waals surface area (Å²) in [5.41, 5.74) is 0.764. The highest BCUT2D eigenvalue weighted by Gasteiger charge is 2.40. The molecule has 2 fully saturated rings. The van der Waals surface area contributed by atoms with Crippen molar-refractivity contribution in [2.75, 3.05) is 26.7 Å². The van der Waals surface area contributed by atoms with Gasteiger partial charge in [0.25, 0.3) is 0 Å². The Labute approximate surface area is 206 Å². The number of pyridine rings is 1. The number of nitrogens with one attached hydrogen (secondary N) is 2. The normalized spacial score (nSPS) is 19.7. The molecule has 35 heavy (non-hydrogen) atoms. The Kier molecular flexibility index (Phi) is 9.45. The van der Waals surface area contributed by atoms with E-state index in [0.717, 1.165) is 37.7 Å². The maximum atomic E-state index is 13.5. The number of hydrogen-bond donors (Lipinski definition) is 2. The smallest absolute Gasteiger partial charge is 0.328 e. The Bertz CT molecular complexity index is 887. The van der Waals surface area contributed by atoms with Crippen LogP contribution in [0.25, 0.3) is 0 Å². The molecule has 1 aromatic rings. The molecular weight excluding hydrogens is 450 g/mol. The molecule has 2 unspecified atom stereocenters. The van der Waals surface area contributed by atoms with Gasteiger partial charge in [-0.2, -0.15) is 0 Å². The van der Waals surface area contributed by atoms with E-state index >= 15 is 0 Å². The number of methoxy groups -OCH3 is 1. The number of rotatable bonds is 7. The molecular formula is C25H37N5O5. The van der Waals surface area contributed by atoms with Crippen LogP contribution in [0.5, 0.6) is 0 Å². The third-order valence-corrected chi connectivity index (χ3v) is 6.58. The van der Waals surface area contributed by atoms with Gasteiger partial charge >= 0.3 is 12.0 Å². The minimum Gasteiger partial charge on any atom is -0.467 e. The molecule has 1 aliphatic carbocycles. The first-order valence-electron chi connectivity index (χ1n) is 12.4. The zero-order valence-electron chi connectivity index (χ0n) is 20.9. The summed E-state index contributed by atoms with van der Waals surface area (Å²) >= 11 is 0. The van der Waals surface area contributed by atoms with Crippen molar-refractivity contribution in [1.82, 2.24) is 25.4 Å². The van der Waals surface area contributed by atoms with Crippen molar-refractivity contribution in [2.24, 2.45) is 5.92 Å². The van der Waals surface area contributed by atoms with Gasteiger partial charge in [-0.05, 0) is 38.3 Å². The number of ether oxygens (including phenoxy) is 1. The molecule has 2 heterocycles. The molecule has 2 aliphatic rings. The van der Waals surface area contributed by atoms with Crippen LogP contribution in [0.15, 0.2) is 24.5 Å². The van der Waals surface area contributed by atoms with Crippen molar-refractivity contribution in [2.45, 2.75) is 70.5 Å². The van der Waals surface area contributed by atoms with Crippen LogP contribution in [-0.2, 0) is 25.5 Å². The average molecular weight is 488 g/mol. The van der Waals surface area contributed by atoms with Crippen molar-refractivity contribution in [1.29, 1.82) is 0 Å². The number of aromatic nitrogens is 1. The van der Waals surface area contributed by atoms with Gasteiger partial charge in [0, 0.05) is 43.9 Å². The van der Waals surface area contributed by atoms with Gasteiger partial charge in [-0.1, -0.05) is 25.3 Å². The number of hydrogen-bond acceptors (Lipinski definition) is 6. The predicted molar refractivity (Wildman–Crippen MR) is 129 cm³/mol. The van der Waals surface area contributed by atoms with Gasteiger partial charge in [0.1, 0.15) is 12.1 Å². The van der Waals surface area contributed by atoms with Gasteiger partial charge in [-0.3, -0.25) is 14.6 Å². The maximum Gasteiger partial charge on any atom is 0.328 e. The van der Waals surface area contributed by atoms with E-state index in [0.29, 0.717) is 6.54 Å². The Morgan fingerprint density at radius 3 is 2.49 bits per heavy atom. The lowest BCUT2D eigenvalue weighted by Gasteiger charge is -2.42. The summed E-state index contributed by atoms with van der Waals surface area (Å²) in [4.78, 5) is 59.3. The van der Waals surface area contributed by atoms with E-state index in [-0.39, 0.29) is 43.4 Å². The van der Waals surface area contributed by atoms with Gasteiger partial charge in [-0.15, -0.1) is 0 Å². The topological polar surface area (TPSA) is 121 Å². The summed E-state index contributed by atoms with van der Waals surface area (Å²) in [7, 11) is 1.27. The minimum absolute atomic E-state index is 0.0457. The minimum atomic E-state index is -0.941. The quantitative estimate of drug-likeness (QED) is 0.562. The molecule has 0 spiro atoms. The van der Waals surface area contributed by atoms with Crippen molar-refractivity contribution < 1.29 is 23.9 Å². The second-order valence-electron chi connectivity index (χ2n) is 9.58. The molecule has 2 atom stereocenters. The van der Waals surface area contributed by atoms with Gasteiger partial charge in [-0.25, -0.2) is 9.59 Å². The number of carbonyl (C=O) groups is 4. The molecule has 1 aromatic heterocycles. The zero-order chi connectivity index (χ0) is 25.4. The standard InChI is InChI=1S/C25H37N5O5/c1-17(2)27-25(34)29-12-13-30(23(32)19-9-5-4-6-10-19)21(16-29)22(31)28-20(24(33)35-3)14-18-8-7-11-26-15-18/h7-8,11,15,17,19-21H,4-6,9-10,12-14,16H2,1-3H3,(H,27,34)(H,28,31). The molecule has 192 valence electrons. The highest BCUT2D eigenvalue weighted by Crippen LogP contribution is 2.27. The largest absolute Gasteiger partial charge is 0.467 e. The van der Waals surface area contributed by atoms with E-state index in [2.05, 4.69) is 15.6 Å². The van der Waals surface area contributed by atoms with E-state index in [1.165, 1.54) is 7.11 Å². The number of carbonyl (C=O) groups excluding carboxylic acids is 4. The van der Waals surface area contributed by atoms with Gasteiger partial charge in [0.05, 0.1) is 13.7 Å². The van der Waals surface area contributed by atoms with Crippen LogP contribution in [0.4, 0.5) is 4.79 Å². The maximum absolute atomic E-state index is 13.5. The molecule has 10 heteroatoms. The fourth-order valence-corrected chi connectivity index (χ4v) is 4.74. The summed E-state index contributed by atoms with van der Waals surface area (Å²) in [6, 6.07) is 1.40. The Morgan fingerprint density at radius 1 is 1.11 bits per heavy atom. The highest BCUT2D eigenvalue weighted by atomic mass is 16.5. The van der Waals surface area contributed by atoms with Crippen molar-refractivity contribution in [3.63, 3.8) is 0 Å². The number of urea groups is 1. The Morgan fingerprint density at radius 2 is 1.86 bits per heavy atom. The summed E-state index contributed by atoms with van der Waals surface area (Å²) < 4.78 is 4.92. The van der Waals surface area contributed by atoms with Crippen LogP contribution in [0.3, 0.4) is 0 Å². The lowest BCUT2D eigenvalue weighted by Crippen LogP contribution is -2.64.